The van der Waals surface area contributed by atoms with Crippen LogP contribution in [0.15, 0.2) is 446 Å². The number of anilines is 6. The van der Waals surface area contributed by atoms with E-state index in [0.717, 1.165) is 167 Å². The number of furan rings is 2. The molecule has 6 nitrogen and oxygen atoms in total. The summed E-state index contributed by atoms with van der Waals surface area (Å²) in [6, 6.07) is 159. The van der Waals surface area contributed by atoms with Gasteiger partial charge in [0.15, 0.2) is 0 Å². The molecule has 23 rings (SSSR count). The molecule has 0 fully saturated rings. The summed E-state index contributed by atoms with van der Waals surface area (Å²) in [6.45, 7) is 0. The van der Waals surface area contributed by atoms with Gasteiger partial charge in [-0.15, -0.1) is 0 Å². The van der Waals surface area contributed by atoms with Crippen molar-refractivity contribution in [2.45, 2.75) is 0 Å². The van der Waals surface area contributed by atoms with E-state index in [1.165, 1.54) is 54.4 Å². The molecule has 0 aliphatic carbocycles. The molecule has 0 spiro atoms. The van der Waals surface area contributed by atoms with E-state index < -0.39 is 0 Å². The van der Waals surface area contributed by atoms with E-state index in [9.17, 15) is 0 Å². The lowest BCUT2D eigenvalue weighted by Gasteiger charge is -2.28. The first-order valence-electron chi connectivity index (χ1n) is 40.3. The van der Waals surface area contributed by atoms with Crippen LogP contribution >= 0.6 is 0 Å². The van der Waals surface area contributed by atoms with Gasteiger partial charge < -0.3 is 27.8 Å². The third-order valence-corrected chi connectivity index (χ3v) is 23.9. The zero-order chi connectivity index (χ0) is 77.7. The maximum absolute atomic E-state index is 7.16. The summed E-state index contributed by atoms with van der Waals surface area (Å²) < 4.78 is 18.6. The standard InChI is InChI=1S/C112H72N4O2/c1-2-25-77-69-83(53-52-73(77)24-1)91-34-5-11-44-102(91)114(86-65-58-76(59-66-86)90-33-4-13-46-104(90)116-107-49-16-8-37-96(107)97-38-9-17-50-108(97)116)88-31-21-29-82(71-88)93-41-23-43-101-99-67-60-80(72-110(99)118-112(93)101)79-27-19-26-78(68-79)74-54-61-84(62-55-74)113(87-30-20-28-81(70-87)92-40-22-42-100-98-39-10-18-51-109(98)117-111(92)100)85-63-56-75(57-64-85)89-32-3-12-45-103(89)115-105-47-14-6-35-94(105)95-36-7-15-48-106(95)115/h1-72H. The zero-order valence-corrected chi connectivity index (χ0v) is 64.2. The Kier molecular flexibility index (Phi) is 16.2. The third-order valence-electron chi connectivity index (χ3n) is 23.9. The fourth-order valence-corrected chi connectivity index (χ4v) is 18.4. The van der Waals surface area contributed by atoms with Crippen molar-refractivity contribution in [1.82, 2.24) is 9.13 Å². The summed E-state index contributed by atoms with van der Waals surface area (Å²) in [4.78, 5) is 4.78. The first-order chi connectivity index (χ1) is 58.5. The number of benzene rings is 19. The van der Waals surface area contributed by atoms with Gasteiger partial charge in [0.1, 0.15) is 22.3 Å². The van der Waals surface area contributed by atoms with Gasteiger partial charge in [0.2, 0.25) is 0 Å². The summed E-state index contributed by atoms with van der Waals surface area (Å²) in [7, 11) is 0. The minimum absolute atomic E-state index is 0.829. The average molecular weight is 1510 g/mol. The SMILES string of the molecule is c1cc(-c2ccc(N(c3ccc(-c4ccccc4-n4c5ccccc5c5ccccc54)cc3)c3cccc(-c4cccc5c4oc4ccccc45)c3)cc2)cc(-c2ccc3c(c2)oc2c(-c4cccc(N(c5ccc(-c6ccccc6-n6c7ccccc7c7ccccc76)cc5)c5ccccc5-c5ccc6ccccc6c5)c4)cccc23)c1. The highest BCUT2D eigenvalue weighted by atomic mass is 16.3. The second-order valence-corrected chi connectivity index (χ2v) is 30.6. The Morgan fingerprint density at radius 3 is 1.11 bits per heavy atom. The Hall–Kier alpha value is -15.8. The van der Waals surface area contributed by atoms with Gasteiger partial charge in [-0.05, 0) is 194 Å². The minimum atomic E-state index is 0.829. The van der Waals surface area contributed by atoms with Crippen LogP contribution in [0.4, 0.5) is 34.1 Å². The van der Waals surface area contributed by atoms with Crippen LogP contribution < -0.4 is 9.80 Å². The number of hydrogen-bond donors (Lipinski definition) is 0. The van der Waals surface area contributed by atoms with Crippen molar-refractivity contribution in [2.24, 2.45) is 0 Å². The van der Waals surface area contributed by atoms with Crippen LogP contribution in [0, 0.1) is 0 Å². The van der Waals surface area contributed by atoms with Gasteiger partial charge in [0.25, 0.3) is 0 Å². The van der Waals surface area contributed by atoms with Crippen LogP contribution in [0.5, 0.6) is 0 Å². The Balaban J connectivity index is 0.581. The van der Waals surface area contributed by atoms with Crippen LogP contribution in [0.2, 0.25) is 0 Å². The largest absolute Gasteiger partial charge is 0.455 e. The van der Waals surface area contributed by atoms with Crippen molar-refractivity contribution < 1.29 is 8.83 Å². The molecule has 0 N–H and O–H groups in total. The quantitative estimate of drug-likeness (QED) is 0.103. The second-order valence-electron chi connectivity index (χ2n) is 30.6. The first kappa shape index (κ1) is 67.9. The molecule has 0 atom stereocenters. The number of aromatic nitrogens is 2. The van der Waals surface area contributed by atoms with Crippen LogP contribution in [0.3, 0.4) is 0 Å². The minimum Gasteiger partial charge on any atom is -0.455 e. The smallest absolute Gasteiger partial charge is 0.143 e. The monoisotopic (exact) mass is 1500 g/mol. The highest BCUT2D eigenvalue weighted by molar-refractivity contribution is 6.14. The Morgan fingerprint density at radius 2 is 0.542 bits per heavy atom. The van der Waals surface area contributed by atoms with Gasteiger partial charge in [0, 0.05) is 99.3 Å². The Labute approximate surface area is 681 Å². The molecule has 19 aromatic carbocycles. The highest BCUT2D eigenvalue weighted by Gasteiger charge is 2.25. The number of fused-ring (bicyclic) bond motifs is 13. The predicted molar refractivity (Wildman–Crippen MR) is 495 cm³/mol. The Morgan fingerprint density at radius 1 is 0.178 bits per heavy atom. The highest BCUT2D eigenvalue weighted by Crippen LogP contribution is 2.48. The van der Waals surface area contributed by atoms with Crippen molar-refractivity contribution in [1.29, 1.82) is 0 Å². The van der Waals surface area contributed by atoms with E-state index in [-0.39, 0.29) is 0 Å². The number of nitrogens with zero attached hydrogens (tertiary/aromatic N) is 4. The van der Waals surface area contributed by atoms with E-state index in [1.54, 1.807) is 0 Å². The van der Waals surface area contributed by atoms with Crippen LogP contribution in [-0.2, 0) is 0 Å². The first-order valence-corrected chi connectivity index (χ1v) is 40.3. The second kappa shape index (κ2) is 28.1. The average Bonchev–Trinajstić information content (AvgIpc) is 1.59. The Bertz CT molecular complexity index is 7790. The molecule has 552 valence electrons. The molecule has 0 aliphatic rings. The van der Waals surface area contributed by atoms with Crippen LogP contribution in [-0.4, -0.2) is 9.13 Å². The summed E-state index contributed by atoms with van der Waals surface area (Å²) in [5, 5.41) is 11.7. The van der Waals surface area contributed by atoms with Crippen molar-refractivity contribution >= 4 is 132 Å². The molecule has 0 saturated carbocycles. The predicted octanol–water partition coefficient (Wildman–Crippen LogP) is 31.4. The van der Waals surface area contributed by atoms with E-state index in [1.807, 2.05) is 6.07 Å². The normalized spacial score (nSPS) is 11.7. The topological polar surface area (TPSA) is 42.6 Å². The van der Waals surface area contributed by atoms with E-state index >= 15 is 0 Å². The van der Waals surface area contributed by atoms with Gasteiger partial charge >= 0.3 is 0 Å². The molecule has 6 heteroatoms. The number of rotatable bonds is 15. The lowest BCUT2D eigenvalue weighted by atomic mass is 9.97. The molecule has 0 aliphatic heterocycles. The van der Waals surface area contributed by atoms with Crippen LogP contribution in [0.25, 0.3) is 188 Å². The molecule has 0 amide bonds. The fourth-order valence-electron chi connectivity index (χ4n) is 18.4. The van der Waals surface area contributed by atoms with Gasteiger partial charge in [-0.1, -0.05) is 303 Å². The van der Waals surface area contributed by atoms with E-state index in [4.69, 9.17) is 8.83 Å². The van der Waals surface area contributed by atoms with Crippen LogP contribution in [0.1, 0.15) is 0 Å². The summed E-state index contributed by atoms with van der Waals surface area (Å²) in [5.41, 5.74) is 32.0. The number of para-hydroxylation sites is 10. The van der Waals surface area contributed by atoms with Crippen molar-refractivity contribution in [3.63, 3.8) is 0 Å². The molecule has 0 radical (unpaired) electrons. The molecule has 4 heterocycles. The number of hydrogen-bond acceptors (Lipinski definition) is 4. The van der Waals surface area contributed by atoms with Gasteiger partial charge in [-0.25, -0.2) is 0 Å². The molecule has 4 aromatic heterocycles. The summed E-state index contributed by atoms with van der Waals surface area (Å²) >= 11 is 0. The maximum Gasteiger partial charge on any atom is 0.143 e. The summed E-state index contributed by atoms with van der Waals surface area (Å²) in [6.07, 6.45) is 0. The molecule has 0 unspecified atom stereocenters. The van der Waals surface area contributed by atoms with Gasteiger partial charge in [-0.2, -0.15) is 0 Å². The maximum atomic E-state index is 7.16. The van der Waals surface area contributed by atoms with E-state index in [0.29, 0.717) is 0 Å². The molecular weight excluding hydrogens is 1430 g/mol. The van der Waals surface area contributed by atoms with E-state index in [2.05, 4.69) is 450 Å². The third kappa shape index (κ3) is 11.5. The molecular formula is C112H72N4O2. The van der Waals surface area contributed by atoms with Gasteiger partial charge in [-0.3, -0.25) is 0 Å². The summed E-state index contributed by atoms with van der Waals surface area (Å²) in [5.74, 6) is 0. The molecule has 0 bridgehead atoms. The fraction of sp³-hybridized carbons (Fsp3) is 0. The molecule has 23 aromatic rings. The van der Waals surface area contributed by atoms with Crippen molar-refractivity contribution in [2.75, 3.05) is 9.80 Å². The molecule has 118 heavy (non-hydrogen) atoms. The van der Waals surface area contributed by atoms with Crippen molar-refractivity contribution in [3.8, 4) is 89.3 Å². The lowest BCUT2D eigenvalue weighted by Crippen LogP contribution is -2.11. The molecule has 0 saturated heterocycles. The van der Waals surface area contributed by atoms with Gasteiger partial charge in [0.05, 0.1) is 39.1 Å². The lowest BCUT2D eigenvalue weighted by molar-refractivity contribution is 0.669. The van der Waals surface area contributed by atoms with Crippen molar-refractivity contribution in [3.05, 3.63) is 437 Å². The zero-order valence-electron chi connectivity index (χ0n) is 64.2.